The molecule has 94 valence electrons. The Morgan fingerprint density at radius 1 is 1.41 bits per heavy atom. The number of rotatable bonds is 6. The zero-order valence-corrected chi connectivity index (χ0v) is 9.52. The van der Waals surface area contributed by atoms with Crippen molar-refractivity contribution in [3.05, 3.63) is 35.6 Å². The molecule has 0 saturated heterocycles. The summed E-state index contributed by atoms with van der Waals surface area (Å²) in [5, 5.41) is 17.7. The van der Waals surface area contributed by atoms with Crippen molar-refractivity contribution in [2.75, 3.05) is 13.2 Å². The van der Waals surface area contributed by atoms with Gasteiger partial charge in [0.05, 0.1) is 13.2 Å². The minimum absolute atomic E-state index is 0.0516. The van der Waals surface area contributed by atoms with E-state index in [1.165, 1.54) is 31.2 Å². The van der Waals surface area contributed by atoms with Crippen LogP contribution in [0.15, 0.2) is 24.3 Å². The molecule has 1 aromatic rings. The molecule has 0 aliphatic heterocycles. The number of aliphatic hydroxyl groups excluding tert-OH is 1. The first-order chi connectivity index (χ1) is 7.98. The first kappa shape index (κ1) is 13.6. The summed E-state index contributed by atoms with van der Waals surface area (Å²) in [6.45, 7) is 1.13. The van der Waals surface area contributed by atoms with Gasteiger partial charge in [-0.2, -0.15) is 0 Å². The van der Waals surface area contributed by atoms with Crippen molar-refractivity contribution in [3.63, 3.8) is 0 Å². The van der Waals surface area contributed by atoms with Crippen LogP contribution >= 0.6 is 0 Å². The molecular weight excluding hydrogens is 227 g/mol. The summed E-state index contributed by atoms with van der Waals surface area (Å²) in [6.07, 6.45) is 0.114. The number of hydrogen-bond donors (Lipinski definition) is 2. The van der Waals surface area contributed by atoms with Crippen LogP contribution in [0.25, 0.3) is 0 Å². The van der Waals surface area contributed by atoms with E-state index in [2.05, 4.69) is 0 Å². The normalized spacial score (nSPS) is 14.3. The Labute approximate surface area is 98.7 Å². The van der Waals surface area contributed by atoms with Crippen LogP contribution in [-0.2, 0) is 16.0 Å². The molecule has 0 saturated carbocycles. The van der Waals surface area contributed by atoms with Gasteiger partial charge in [-0.1, -0.05) is 12.1 Å². The van der Waals surface area contributed by atoms with E-state index in [-0.39, 0.29) is 25.5 Å². The lowest BCUT2D eigenvalue weighted by Crippen LogP contribution is -2.41. The van der Waals surface area contributed by atoms with Gasteiger partial charge in [-0.3, -0.25) is 0 Å². The second kappa shape index (κ2) is 5.75. The van der Waals surface area contributed by atoms with Gasteiger partial charge in [-0.15, -0.1) is 0 Å². The van der Waals surface area contributed by atoms with E-state index in [0.29, 0.717) is 5.56 Å². The SMILES string of the molecule is CC(Cc1ccc(F)cc1)(OCCO)C(=O)O. The summed E-state index contributed by atoms with van der Waals surface area (Å²) < 4.78 is 17.8. The van der Waals surface area contributed by atoms with Crippen molar-refractivity contribution < 1.29 is 24.1 Å². The lowest BCUT2D eigenvalue weighted by atomic mass is 9.96. The largest absolute Gasteiger partial charge is 0.479 e. The average Bonchev–Trinajstić information content (AvgIpc) is 2.29. The van der Waals surface area contributed by atoms with Crippen LogP contribution in [0.2, 0.25) is 0 Å². The molecular formula is C12H15FO4. The molecule has 5 heteroatoms. The minimum atomic E-state index is -1.42. The average molecular weight is 242 g/mol. The first-order valence-corrected chi connectivity index (χ1v) is 5.20. The van der Waals surface area contributed by atoms with Crippen molar-refractivity contribution in [1.29, 1.82) is 0 Å². The molecule has 1 rings (SSSR count). The predicted molar refractivity (Wildman–Crippen MR) is 59.2 cm³/mol. The van der Waals surface area contributed by atoms with Gasteiger partial charge in [0.25, 0.3) is 0 Å². The van der Waals surface area contributed by atoms with Crippen LogP contribution in [0.3, 0.4) is 0 Å². The number of aliphatic carboxylic acids is 1. The van der Waals surface area contributed by atoms with Gasteiger partial charge in [0.15, 0.2) is 5.60 Å². The second-order valence-corrected chi connectivity index (χ2v) is 3.91. The summed E-state index contributed by atoms with van der Waals surface area (Å²) >= 11 is 0. The maximum absolute atomic E-state index is 12.7. The number of carbonyl (C=O) groups is 1. The third-order valence-electron chi connectivity index (χ3n) is 2.42. The molecule has 0 fully saturated rings. The van der Waals surface area contributed by atoms with Crippen LogP contribution < -0.4 is 0 Å². The van der Waals surface area contributed by atoms with Crippen LogP contribution in [-0.4, -0.2) is 35.0 Å². The highest BCUT2D eigenvalue weighted by Crippen LogP contribution is 2.18. The molecule has 0 spiro atoms. The Balaban J connectivity index is 2.79. The number of halogens is 1. The van der Waals surface area contributed by atoms with E-state index >= 15 is 0 Å². The number of carboxylic acids is 1. The van der Waals surface area contributed by atoms with Gasteiger partial charge in [0.1, 0.15) is 5.82 Å². The fourth-order valence-electron chi connectivity index (χ4n) is 1.45. The molecule has 17 heavy (non-hydrogen) atoms. The monoisotopic (exact) mass is 242 g/mol. The van der Waals surface area contributed by atoms with Gasteiger partial charge in [0.2, 0.25) is 0 Å². The summed E-state index contributed by atoms with van der Waals surface area (Å²) in [6, 6.07) is 5.56. The van der Waals surface area contributed by atoms with Crippen molar-refractivity contribution in [3.8, 4) is 0 Å². The third kappa shape index (κ3) is 3.80. The lowest BCUT2D eigenvalue weighted by Gasteiger charge is -2.25. The Morgan fingerprint density at radius 2 is 2.00 bits per heavy atom. The Morgan fingerprint density at radius 3 is 2.47 bits per heavy atom. The van der Waals surface area contributed by atoms with Crippen LogP contribution in [0, 0.1) is 5.82 Å². The first-order valence-electron chi connectivity index (χ1n) is 5.20. The molecule has 0 bridgehead atoms. The van der Waals surface area contributed by atoms with E-state index in [1.54, 1.807) is 0 Å². The quantitative estimate of drug-likeness (QED) is 0.787. The Hall–Kier alpha value is -1.46. The standard InChI is InChI=1S/C12H15FO4/c1-12(11(15)16,17-7-6-14)8-9-2-4-10(13)5-3-9/h2-5,14H,6-8H2,1H3,(H,15,16). The molecule has 0 aliphatic rings. The van der Waals surface area contributed by atoms with Gasteiger partial charge in [0, 0.05) is 6.42 Å². The predicted octanol–water partition coefficient (Wildman–Crippen LogP) is 1.22. The zero-order chi connectivity index (χ0) is 12.9. The summed E-state index contributed by atoms with van der Waals surface area (Å²) in [5.41, 5.74) is -0.755. The highest BCUT2D eigenvalue weighted by atomic mass is 19.1. The third-order valence-corrected chi connectivity index (χ3v) is 2.42. The molecule has 0 heterocycles. The molecule has 4 nitrogen and oxygen atoms in total. The highest BCUT2D eigenvalue weighted by Gasteiger charge is 2.34. The number of ether oxygens (including phenoxy) is 1. The fraction of sp³-hybridized carbons (Fsp3) is 0.417. The van der Waals surface area contributed by atoms with Crippen LogP contribution in [0.1, 0.15) is 12.5 Å². The van der Waals surface area contributed by atoms with Crippen molar-refractivity contribution >= 4 is 5.97 Å². The molecule has 0 aromatic heterocycles. The Bertz CT molecular complexity index is 377. The molecule has 1 atom stereocenters. The number of carboxylic acid groups (broad SMARTS) is 1. The van der Waals surface area contributed by atoms with Crippen molar-refractivity contribution in [2.24, 2.45) is 0 Å². The Kier molecular flexibility index (Phi) is 4.60. The number of aliphatic hydroxyl groups is 1. The van der Waals surface area contributed by atoms with E-state index in [9.17, 15) is 9.18 Å². The molecule has 0 radical (unpaired) electrons. The molecule has 0 aliphatic carbocycles. The molecule has 1 aromatic carbocycles. The summed E-state index contributed by atoms with van der Waals surface area (Å²) in [4.78, 5) is 11.1. The van der Waals surface area contributed by atoms with E-state index in [0.717, 1.165) is 0 Å². The fourth-order valence-corrected chi connectivity index (χ4v) is 1.45. The van der Waals surface area contributed by atoms with E-state index in [1.807, 2.05) is 0 Å². The highest BCUT2D eigenvalue weighted by molar-refractivity contribution is 5.77. The molecule has 2 N–H and O–H groups in total. The van der Waals surface area contributed by atoms with Crippen LogP contribution in [0.5, 0.6) is 0 Å². The maximum atomic E-state index is 12.7. The number of benzene rings is 1. The van der Waals surface area contributed by atoms with Gasteiger partial charge >= 0.3 is 5.97 Å². The van der Waals surface area contributed by atoms with Gasteiger partial charge in [-0.05, 0) is 24.6 Å². The smallest absolute Gasteiger partial charge is 0.336 e. The van der Waals surface area contributed by atoms with Gasteiger partial charge < -0.3 is 14.9 Å². The lowest BCUT2D eigenvalue weighted by molar-refractivity contribution is -0.164. The van der Waals surface area contributed by atoms with Crippen LogP contribution in [0.4, 0.5) is 4.39 Å². The minimum Gasteiger partial charge on any atom is -0.479 e. The number of hydrogen-bond acceptors (Lipinski definition) is 3. The molecule has 0 amide bonds. The van der Waals surface area contributed by atoms with E-state index < -0.39 is 11.6 Å². The second-order valence-electron chi connectivity index (χ2n) is 3.91. The van der Waals surface area contributed by atoms with Gasteiger partial charge in [-0.25, -0.2) is 9.18 Å². The molecule has 1 unspecified atom stereocenters. The van der Waals surface area contributed by atoms with Crippen molar-refractivity contribution in [1.82, 2.24) is 0 Å². The topological polar surface area (TPSA) is 66.8 Å². The summed E-state index contributed by atoms with van der Waals surface area (Å²) in [7, 11) is 0. The summed E-state index contributed by atoms with van der Waals surface area (Å²) in [5.74, 6) is -1.49. The zero-order valence-electron chi connectivity index (χ0n) is 9.52. The van der Waals surface area contributed by atoms with Crippen molar-refractivity contribution in [2.45, 2.75) is 18.9 Å². The maximum Gasteiger partial charge on any atom is 0.336 e. The van der Waals surface area contributed by atoms with E-state index in [4.69, 9.17) is 14.9 Å².